The third-order valence-corrected chi connectivity index (χ3v) is 7.98. The van der Waals surface area contributed by atoms with Crippen LogP contribution in [0.25, 0.3) is 0 Å². The Hall–Kier alpha value is -3.92. The van der Waals surface area contributed by atoms with Gasteiger partial charge in [0.05, 0.1) is 38.9 Å². The summed E-state index contributed by atoms with van der Waals surface area (Å²) >= 11 is 0. The standard InChI is InChI=1S/C28H32N2O8/c1-7-15(3)28(27(34)35)22-21(24(31)30(25(22)32)18-11-9-8-10-14(18)2)23(29-28)17-12-16(36-4)13-19(37-5)20(17)26(33)38-6/h8-13,15,21-23,29H,7H2,1-6H3,(H,34,35). The van der Waals surface area contributed by atoms with Gasteiger partial charge in [-0.3, -0.25) is 19.7 Å². The molecule has 5 unspecified atom stereocenters. The molecule has 2 amide bonds. The molecule has 0 saturated carbocycles. The molecule has 0 bridgehead atoms. The second kappa shape index (κ2) is 10.1. The number of carboxylic acid groups (broad SMARTS) is 1. The van der Waals surface area contributed by atoms with E-state index in [4.69, 9.17) is 14.2 Å². The Labute approximate surface area is 220 Å². The number of aryl methyl sites for hydroxylation is 1. The number of imide groups is 1. The summed E-state index contributed by atoms with van der Waals surface area (Å²) in [5.74, 6) is -5.55. The maximum atomic E-state index is 14.1. The second-order valence-corrected chi connectivity index (χ2v) is 9.69. The first-order chi connectivity index (χ1) is 18.1. The van der Waals surface area contributed by atoms with Crippen molar-refractivity contribution in [2.45, 2.75) is 38.8 Å². The molecular weight excluding hydrogens is 492 g/mol. The van der Waals surface area contributed by atoms with Gasteiger partial charge in [0.1, 0.15) is 22.6 Å². The number of fused-ring (bicyclic) bond motifs is 1. The number of carbonyl (C=O) groups is 4. The highest BCUT2D eigenvalue weighted by Crippen LogP contribution is 2.54. The Kier molecular flexibility index (Phi) is 7.20. The number of esters is 1. The van der Waals surface area contributed by atoms with Crippen molar-refractivity contribution in [3.8, 4) is 11.5 Å². The number of amides is 2. The quantitative estimate of drug-likeness (QED) is 0.395. The third-order valence-electron chi connectivity index (χ3n) is 7.98. The van der Waals surface area contributed by atoms with Crippen LogP contribution in [-0.4, -0.2) is 55.7 Å². The highest BCUT2D eigenvalue weighted by molar-refractivity contribution is 6.24. The smallest absolute Gasteiger partial charge is 0.341 e. The molecule has 0 radical (unpaired) electrons. The van der Waals surface area contributed by atoms with Gasteiger partial charge in [0.25, 0.3) is 0 Å². The molecule has 2 heterocycles. The number of methoxy groups -OCH3 is 3. The molecule has 10 nitrogen and oxygen atoms in total. The summed E-state index contributed by atoms with van der Waals surface area (Å²) in [6.45, 7) is 5.34. The van der Waals surface area contributed by atoms with Crippen LogP contribution in [-0.2, 0) is 19.1 Å². The number of anilines is 1. The number of para-hydroxylation sites is 1. The van der Waals surface area contributed by atoms with Crippen molar-refractivity contribution in [1.82, 2.24) is 5.32 Å². The van der Waals surface area contributed by atoms with Gasteiger partial charge in [-0.05, 0) is 36.1 Å². The average Bonchev–Trinajstić information content (AvgIpc) is 3.41. The number of hydrogen-bond acceptors (Lipinski definition) is 8. The van der Waals surface area contributed by atoms with E-state index in [9.17, 15) is 24.3 Å². The predicted octanol–water partition coefficient (Wildman–Crippen LogP) is 3.12. The van der Waals surface area contributed by atoms with Crippen molar-refractivity contribution in [3.63, 3.8) is 0 Å². The zero-order chi connectivity index (χ0) is 27.9. The van der Waals surface area contributed by atoms with Crippen LogP contribution in [0.3, 0.4) is 0 Å². The molecule has 2 fully saturated rings. The topological polar surface area (TPSA) is 131 Å². The van der Waals surface area contributed by atoms with E-state index in [1.165, 1.54) is 27.4 Å². The number of benzene rings is 2. The van der Waals surface area contributed by atoms with Crippen LogP contribution in [0.5, 0.6) is 11.5 Å². The fourth-order valence-electron chi connectivity index (χ4n) is 5.90. The van der Waals surface area contributed by atoms with E-state index in [1.807, 2.05) is 6.92 Å². The fraction of sp³-hybridized carbons (Fsp3) is 0.429. The maximum absolute atomic E-state index is 14.1. The zero-order valence-electron chi connectivity index (χ0n) is 22.2. The van der Waals surface area contributed by atoms with E-state index in [1.54, 1.807) is 44.2 Å². The molecule has 4 rings (SSSR count). The molecule has 0 spiro atoms. The van der Waals surface area contributed by atoms with E-state index >= 15 is 0 Å². The van der Waals surface area contributed by atoms with E-state index in [0.29, 0.717) is 23.4 Å². The van der Waals surface area contributed by atoms with E-state index in [-0.39, 0.29) is 16.9 Å². The Bertz CT molecular complexity index is 1310. The molecule has 10 heteroatoms. The van der Waals surface area contributed by atoms with Crippen molar-refractivity contribution in [1.29, 1.82) is 0 Å². The molecule has 2 aliphatic rings. The summed E-state index contributed by atoms with van der Waals surface area (Å²) in [6.07, 6.45) is 0.423. The van der Waals surface area contributed by atoms with E-state index in [0.717, 1.165) is 4.90 Å². The number of hydrogen-bond donors (Lipinski definition) is 2. The van der Waals surface area contributed by atoms with Gasteiger partial charge in [-0.1, -0.05) is 38.5 Å². The summed E-state index contributed by atoms with van der Waals surface area (Å²) in [5, 5.41) is 13.8. The Balaban J connectivity index is 2.02. The van der Waals surface area contributed by atoms with Gasteiger partial charge >= 0.3 is 11.9 Å². The van der Waals surface area contributed by atoms with Gasteiger partial charge in [-0.15, -0.1) is 0 Å². The summed E-state index contributed by atoms with van der Waals surface area (Å²) in [4.78, 5) is 55.3. The molecule has 2 aromatic rings. The zero-order valence-corrected chi connectivity index (χ0v) is 22.2. The Morgan fingerprint density at radius 2 is 1.79 bits per heavy atom. The van der Waals surface area contributed by atoms with Crippen LogP contribution in [0.4, 0.5) is 5.69 Å². The first-order valence-corrected chi connectivity index (χ1v) is 12.4. The lowest BCUT2D eigenvalue weighted by molar-refractivity contribution is -0.151. The van der Waals surface area contributed by atoms with Gasteiger partial charge < -0.3 is 19.3 Å². The molecule has 2 N–H and O–H groups in total. The first-order valence-electron chi connectivity index (χ1n) is 12.4. The van der Waals surface area contributed by atoms with E-state index in [2.05, 4.69) is 5.32 Å². The summed E-state index contributed by atoms with van der Waals surface area (Å²) in [6, 6.07) is 8.97. The molecule has 38 heavy (non-hydrogen) atoms. The number of ether oxygens (including phenoxy) is 3. The molecule has 202 valence electrons. The number of nitrogens with zero attached hydrogens (tertiary/aromatic N) is 1. The second-order valence-electron chi connectivity index (χ2n) is 9.69. The van der Waals surface area contributed by atoms with Crippen molar-refractivity contribution < 1.29 is 38.5 Å². The van der Waals surface area contributed by atoms with Crippen molar-refractivity contribution >= 4 is 29.4 Å². The van der Waals surface area contributed by atoms with Crippen LogP contribution in [0.1, 0.15) is 47.8 Å². The lowest BCUT2D eigenvalue weighted by Crippen LogP contribution is -2.59. The highest BCUT2D eigenvalue weighted by atomic mass is 16.5. The molecule has 2 saturated heterocycles. The number of nitrogens with one attached hydrogen (secondary N) is 1. The van der Waals surface area contributed by atoms with Crippen LogP contribution in [0.15, 0.2) is 36.4 Å². The monoisotopic (exact) mass is 524 g/mol. The minimum atomic E-state index is -1.78. The van der Waals surface area contributed by atoms with Crippen LogP contribution in [0, 0.1) is 24.7 Å². The summed E-state index contributed by atoms with van der Waals surface area (Å²) < 4.78 is 15.9. The Morgan fingerprint density at radius 1 is 1.11 bits per heavy atom. The van der Waals surface area contributed by atoms with Gasteiger partial charge in [-0.25, -0.2) is 9.69 Å². The fourth-order valence-corrected chi connectivity index (χ4v) is 5.90. The first kappa shape index (κ1) is 27.1. The minimum Gasteiger partial charge on any atom is -0.497 e. The molecule has 5 atom stereocenters. The molecule has 0 aromatic heterocycles. The molecule has 2 aromatic carbocycles. The normalized spacial score (nSPS) is 25.2. The highest BCUT2D eigenvalue weighted by Gasteiger charge is 2.70. The third kappa shape index (κ3) is 3.82. The summed E-state index contributed by atoms with van der Waals surface area (Å²) in [5.41, 5.74) is -0.413. The minimum absolute atomic E-state index is 0.0204. The van der Waals surface area contributed by atoms with Crippen LogP contribution < -0.4 is 19.7 Å². The van der Waals surface area contributed by atoms with Gasteiger partial charge in [0.15, 0.2) is 0 Å². The van der Waals surface area contributed by atoms with E-state index < -0.39 is 53.1 Å². The number of carbonyl (C=O) groups excluding carboxylic acids is 3. The van der Waals surface area contributed by atoms with Gasteiger partial charge in [0, 0.05) is 12.1 Å². The largest absolute Gasteiger partial charge is 0.497 e. The van der Waals surface area contributed by atoms with Gasteiger partial charge in [-0.2, -0.15) is 0 Å². The lowest BCUT2D eigenvalue weighted by Gasteiger charge is -2.36. The van der Waals surface area contributed by atoms with Gasteiger partial charge in [0.2, 0.25) is 11.8 Å². The Morgan fingerprint density at radius 3 is 2.34 bits per heavy atom. The maximum Gasteiger partial charge on any atom is 0.341 e. The van der Waals surface area contributed by atoms with Crippen molar-refractivity contribution in [2.24, 2.45) is 17.8 Å². The van der Waals surface area contributed by atoms with Crippen LogP contribution >= 0.6 is 0 Å². The summed E-state index contributed by atoms with van der Waals surface area (Å²) in [7, 11) is 4.03. The molecule has 2 aliphatic heterocycles. The van der Waals surface area contributed by atoms with Crippen molar-refractivity contribution in [3.05, 3.63) is 53.1 Å². The SMILES string of the molecule is CCC(C)C1(C(=O)O)NC(c2cc(OC)cc(OC)c2C(=O)OC)C2C(=O)N(c3ccccc3C)C(=O)C21. The predicted molar refractivity (Wildman–Crippen MR) is 137 cm³/mol. The number of aliphatic carboxylic acids is 1. The molecule has 0 aliphatic carbocycles. The number of carboxylic acids is 1. The van der Waals surface area contributed by atoms with Crippen molar-refractivity contribution in [2.75, 3.05) is 26.2 Å². The number of rotatable bonds is 8. The lowest BCUT2D eigenvalue weighted by atomic mass is 9.71. The van der Waals surface area contributed by atoms with Crippen LogP contribution in [0.2, 0.25) is 0 Å². The average molecular weight is 525 g/mol. The molecular formula is C28H32N2O8.